The van der Waals surface area contributed by atoms with Crippen molar-refractivity contribution < 1.29 is 0 Å². The molecule has 63 valence electrons. The van der Waals surface area contributed by atoms with Gasteiger partial charge in [-0.05, 0) is 12.5 Å². The number of hydrogen-bond acceptors (Lipinski definition) is 1. The minimum absolute atomic E-state index is 0.183. The van der Waals surface area contributed by atoms with Crippen LogP contribution in [0.25, 0.3) is 0 Å². The third-order valence-corrected chi connectivity index (χ3v) is 2.51. The maximum Gasteiger partial charge on any atom is 0.188 e. The van der Waals surface area contributed by atoms with Crippen molar-refractivity contribution in [3.8, 4) is 0 Å². The maximum absolute atomic E-state index is 7.35. The molecule has 0 aromatic rings. The second-order valence-corrected chi connectivity index (χ2v) is 3.21. The third-order valence-electron chi connectivity index (χ3n) is 2.51. The van der Waals surface area contributed by atoms with Gasteiger partial charge < -0.3 is 10.6 Å². The van der Waals surface area contributed by atoms with Crippen LogP contribution in [0.15, 0.2) is 18.2 Å². The number of nitrogens with one attached hydrogen (secondary N) is 1. The Balaban J connectivity index is 2.18. The molecule has 0 spiro atoms. The van der Waals surface area contributed by atoms with Gasteiger partial charge in [-0.1, -0.05) is 18.2 Å². The molecule has 2 aliphatic rings. The average Bonchev–Trinajstić information content (AvgIpc) is 2.47. The van der Waals surface area contributed by atoms with Crippen molar-refractivity contribution in [1.29, 1.82) is 5.41 Å². The number of likely N-dealkylation sites (tertiary alicyclic amines) is 1. The molecule has 1 heterocycles. The molecule has 1 radical (unpaired) electrons. The summed E-state index contributed by atoms with van der Waals surface area (Å²) < 4.78 is 0. The molecule has 1 aliphatic heterocycles. The van der Waals surface area contributed by atoms with E-state index in [1.54, 1.807) is 0 Å². The highest BCUT2D eigenvalue weighted by Gasteiger charge is 2.32. The highest BCUT2D eigenvalue weighted by Crippen LogP contribution is 2.27. The van der Waals surface area contributed by atoms with Crippen LogP contribution in [0.5, 0.6) is 0 Å². The number of allylic oxidation sites excluding steroid dienone is 2. The minimum atomic E-state index is 0.183. The van der Waals surface area contributed by atoms with E-state index in [9.17, 15) is 0 Å². The smallest absolute Gasteiger partial charge is 0.188 e. The van der Waals surface area contributed by atoms with E-state index in [2.05, 4.69) is 18.2 Å². The van der Waals surface area contributed by atoms with Crippen molar-refractivity contribution in [2.45, 2.75) is 12.5 Å². The number of fused-ring (bicyclic) bond motifs is 1. The largest absolute Gasteiger partial charge is 0.370 e. The fraction of sp³-hybridized carbons (Fsp3) is 0.444. The molecule has 1 aliphatic carbocycles. The van der Waals surface area contributed by atoms with Crippen LogP contribution in [0.1, 0.15) is 6.42 Å². The molecule has 0 bridgehead atoms. The van der Waals surface area contributed by atoms with E-state index in [0.717, 1.165) is 13.0 Å². The zero-order valence-corrected chi connectivity index (χ0v) is 6.83. The molecule has 0 aromatic heterocycles. The van der Waals surface area contributed by atoms with Crippen LogP contribution in [0.3, 0.4) is 0 Å². The van der Waals surface area contributed by atoms with Gasteiger partial charge in [0.15, 0.2) is 5.96 Å². The van der Waals surface area contributed by atoms with E-state index in [-0.39, 0.29) is 5.96 Å². The highest BCUT2D eigenvalue weighted by atomic mass is 15.3. The lowest BCUT2D eigenvalue weighted by Crippen LogP contribution is -2.40. The number of hydrogen-bond donors (Lipinski definition) is 2. The Morgan fingerprint density at radius 1 is 1.67 bits per heavy atom. The Kier molecular flexibility index (Phi) is 1.64. The van der Waals surface area contributed by atoms with Crippen LogP contribution in [0.2, 0.25) is 0 Å². The molecule has 0 amide bonds. The van der Waals surface area contributed by atoms with Crippen LogP contribution in [0, 0.1) is 17.4 Å². The van der Waals surface area contributed by atoms with E-state index in [0.29, 0.717) is 12.0 Å². The quantitative estimate of drug-likeness (QED) is 0.402. The van der Waals surface area contributed by atoms with Gasteiger partial charge in [-0.15, -0.1) is 0 Å². The molecular weight excluding hydrogens is 150 g/mol. The maximum atomic E-state index is 7.35. The summed E-state index contributed by atoms with van der Waals surface area (Å²) in [6.07, 6.45) is 10.2. The Morgan fingerprint density at radius 2 is 2.50 bits per heavy atom. The first-order chi connectivity index (χ1) is 5.79. The normalized spacial score (nSPS) is 32.2. The number of nitrogens with two attached hydrogens (primary N) is 1. The summed E-state index contributed by atoms with van der Waals surface area (Å²) in [6, 6.07) is 0.309. The van der Waals surface area contributed by atoms with Gasteiger partial charge in [0.2, 0.25) is 0 Å². The van der Waals surface area contributed by atoms with Crippen molar-refractivity contribution in [2.24, 2.45) is 11.7 Å². The van der Waals surface area contributed by atoms with Gasteiger partial charge in [0, 0.05) is 12.5 Å². The SMILES string of the molecule is N=C(N)N1CCC2C=[C]C=CC21. The monoisotopic (exact) mass is 162 g/mol. The summed E-state index contributed by atoms with van der Waals surface area (Å²) in [4.78, 5) is 1.93. The molecule has 2 unspecified atom stereocenters. The minimum Gasteiger partial charge on any atom is -0.370 e. The van der Waals surface area contributed by atoms with Crippen LogP contribution >= 0.6 is 0 Å². The highest BCUT2D eigenvalue weighted by molar-refractivity contribution is 5.75. The second kappa shape index (κ2) is 2.66. The van der Waals surface area contributed by atoms with Crippen LogP contribution in [-0.2, 0) is 0 Å². The molecule has 3 nitrogen and oxygen atoms in total. The fourth-order valence-electron chi connectivity index (χ4n) is 1.88. The van der Waals surface area contributed by atoms with Crippen molar-refractivity contribution in [2.75, 3.05) is 6.54 Å². The zero-order valence-electron chi connectivity index (χ0n) is 6.83. The zero-order chi connectivity index (χ0) is 8.55. The van der Waals surface area contributed by atoms with E-state index < -0.39 is 0 Å². The fourth-order valence-corrected chi connectivity index (χ4v) is 1.88. The predicted molar refractivity (Wildman–Crippen MR) is 47.5 cm³/mol. The van der Waals surface area contributed by atoms with Gasteiger partial charge in [-0.3, -0.25) is 5.41 Å². The molecule has 12 heavy (non-hydrogen) atoms. The summed E-state index contributed by atoms with van der Waals surface area (Å²) in [5.74, 6) is 0.696. The summed E-state index contributed by atoms with van der Waals surface area (Å²) in [7, 11) is 0. The Morgan fingerprint density at radius 3 is 3.25 bits per heavy atom. The van der Waals surface area contributed by atoms with Gasteiger partial charge in [0.1, 0.15) is 0 Å². The molecule has 1 fully saturated rings. The standard InChI is InChI=1S/C9H12N3/c10-9(11)12-6-5-7-3-1-2-4-8(7)12/h2-4,7-8H,5-6H2,(H3,10,11). The Bertz CT molecular complexity index is 254. The van der Waals surface area contributed by atoms with Crippen molar-refractivity contribution >= 4 is 5.96 Å². The van der Waals surface area contributed by atoms with E-state index in [1.165, 1.54) is 0 Å². The van der Waals surface area contributed by atoms with E-state index in [4.69, 9.17) is 11.1 Å². The van der Waals surface area contributed by atoms with Crippen LogP contribution in [-0.4, -0.2) is 23.4 Å². The topological polar surface area (TPSA) is 53.1 Å². The summed E-state index contributed by atoms with van der Waals surface area (Å²) in [5.41, 5.74) is 5.45. The summed E-state index contributed by atoms with van der Waals surface area (Å²) in [6.45, 7) is 0.896. The van der Waals surface area contributed by atoms with E-state index >= 15 is 0 Å². The predicted octanol–water partition coefficient (Wildman–Crippen LogP) is 0.500. The first-order valence-corrected chi connectivity index (χ1v) is 4.16. The summed E-state index contributed by atoms with van der Waals surface area (Å²) in [5, 5.41) is 7.35. The molecule has 3 N–H and O–H groups in total. The Hall–Kier alpha value is -1.25. The van der Waals surface area contributed by atoms with Crippen LogP contribution < -0.4 is 5.73 Å². The lowest BCUT2D eigenvalue weighted by molar-refractivity contribution is 0.412. The van der Waals surface area contributed by atoms with Crippen molar-refractivity contribution in [1.82, 2.24) is 4.90 Å². The Labute approximate surface area is 72.1 Å². The van der Waals surface area contributed by atoms with Crippen LogP contribution in [0.4, 0.5) is 0 Å². The first-order valence-electron chi connectivity index (χ1n) is 4.16. The van der Waals surface area contributed by atoms with Gasteiger partial charge in [0.05, 0.1) is 6.04 Å². The summed E-state index contributed by atoms with van der Waals surface area (Å²) >= 11 is 0. The molecule has 2 atom stereocenters. The molecule has 0 aromatic carbocycles. The van der Waals surface area contributed by atoms with Gasteiger partial charge >= 0.3 is 0 Å². The van der Waals surface area contributed by atoms with Crippen molar-refractivity contribution in [3.05, 3.63) is 24.3 Å². The van der Waals surface area contributed by atoms with Gasteiger partial charge in [-0.25, -0.2) is 0 Å². The molecule has 0 saturated carbocycles. The second-order valence-electron chi connectivity index (χ2n) is 3.21. The van der Waals surface area contributed by atoms with Gasteiger partial charge in [-0.2, -0.15) is 0 Å². The lowest BCUT2D eigenvalue weighted by atomic mass is 9.96. The first kappa shape index (κ1) is 7.40. The number of nitrogens with zero attached hydrogens (tertiary/aromatic N) is 1. The van der Waals surface area contributed by atoms with Crippen molar-refractivity contribution in [3.63, 3.8) is 0 Å². The number of rotatable bonds is 0. The third kappa shape index (κ3) is 1.02. The average molecular weight is 162 g/mol. The number of guanidine groups is 1. The molecular formula is C9H12N3. The molecule has 2 rings (SSSR count). The van der Waals surface area contributed by atoms with E-state index in [1.807, 2.05) is 11.0 Å². The molecule has 1 saturated heterocycles. The van der Waals surface area contributed by atoms with Gasteiger partial charge in [0.25, 0.3) is 0 Å². The molecule has 3 heteroatoms. The lowest BCUT2D eigenvalue weighted by Gasteiger charge is -2.25.